The maximum absolute atomic E-state index is 12.0. The minimum absolute atomic E-state index is 0.0210. The van der Waals surface area contributed by atoms with Crippen molar-refractivity contribution in [2.75, 3.05) is 19.0 Å². The molecule has 3 aromatic heterocycles. The van der Waals surface area contributed by atoms with Crippen LogP contribution in [0.25, 0.3) is 22.3 Å². The number of esters is 1. The van der Waals surface area contributed by atoms with Crippen LogP contribution in [0.15, 0.2) is 24.8 Å². The largest absolute Gasteiger partial charge is 0.469 e. The maximum atomic E-state index is 12.0. The molecule has 1 atom stereocenters. The van der Waals surface area contributed by atoms with E-state index in [-0.39, 0.29) is 24.0 Å². The van der Waals surface area contributed by atoms with Crippen molar-refractivity contribution in [3.8, 4) is 17.3 Å². The SMILES string of the molecule is COC(=O)C1CC(Nc2nn(C(CC#N)C3CCCC3)cc2-c2ncnc3c2ccn3COCC[Si](C)(C)C)C1. The number of nitrogens with one attached hydrogen (secondary N) is 1. The van der Waals surface area contributed by atoms with Gasteiger partial charge in [-0.25, -0.2) is 9.97 Å². The van der Waals surface area contributed by atoms with Gasteiger partial charge in [-0.1, -0.05) is 32.5 Å². The molecule has 0 saturated heterocycles. The molecule has 2 aliphatic rings. The molecule has 40 heavy (non-hydrogen) atoms. The molecule has 2 fully saturated rings. The monoisotopic (exact) mass is 563 g/mol. The topological polar surface area (TPSA) is 120 Å². The first-order chi connectivity index (χ1) is 19.3. The lowest BCUT2D eigenvalue weighted by molar-refractivity contribution is -0.148. The first-order valence-electron chi connectivity index (χ1n) is 14.5. The molecule has 1 N–H and O–H groups in total. The van der Waals surface area contributed by atoms with Crippen molar-refractivity contribution in [1.82, 2.24) is 24.3 Å². The zero-order valence-corrected chi connectivity index (χ0v) is 25.1. The lowest BCUT2D eigenvalue weighted by atomic mass is 9.80. The fourth-order valence-electron chi connectivity index (χ4n) is 5.91. The summed E-state index contributed by atoms with van der Waals surface area (Å²) < 4.78 is 14.9. The van der Waals surface area contributed by atoms with Gasteiger partial charge in [0.25, 0.3) is 0 Å². The van der Waals surface area contributed by atoms with Crippen molar-refractivity contribution < 1.29 is 14.3 Å². The normalized spacial score (nSPS) is 20.3. The van der Waals surface area contributed by atoms with E-state index in [9.17, 15) is 10.1 Å². The first-order valence-corrected chi connectivity index (χ1v) is 18.2. The fraction of sp³-hybridized carbons (Fsp3) is 0.621. The highest BCUT2D eigenvalue weighted by Crippen LogP contribution is 2.40. The summed E-state index contributed by atoms with van der Waals surface area (Å²) in [5.41, 5.74) is 2.49. The molecule has 10 nitrogen and oxygen atoms in total. The molecule has 11 heteroatoms. The van der Waals surface area contributed by atoms with E-state index in [0.717, 1.165) is 53.6 Å². The van der Waals surface area contributed by atoms with E-state index in [1.807, 2.05) is 27.7 Å². The zero-order chi connectivity index (χ0) is 28.3. The third-order valence-corrected chi connectivity index (χ3v) is 10.1. The smallest absolute Gasteiger partial charge is 0.308 e. The molecule has 0 radical (unpaired) electrons. The Bertz CT molecular complexity index is 1360. The second-order valence-electron chi connectivity index (χ2n) is 12.5. The summed E-state index contributed by atoms with van der Waals surface area (Å²) in [7, 11) is 0.273. The van der Waals surface area contributed by atoms with E-state index >= 15 is 0 Å². The number of nitrogens with zero attached hydrogens (tertiary/aromatic N) is 6. The van der Waals surface area contributed by atoms with Gasteiger partial charge in [0.15, 0.2) is 5.82 Å². The minimum atomic E-state index is -1.16. The molecule has 3 aromatic rings. The van der Waals surface area contributed by atoms with Gasteiger partial charge < -0.3 is 19.4 Å². The van der Waals surface area contributed by atoms with Gasteiger partial charge >= 0.3 is 5.97 Å². The molecular weight excluding hydrogens is 522 g/mol. The van der Waals surface area contributed by atoms with Crippen LogP contribution in [0.1, 0.15) is 51.0 Å². The van der Waals surface area contributed by atoms with Gasteiger partial charge in [0.05, 0.1) is 42.8 Å². The van der Waals surface area contributed by atoms with Gasteiger partial charge in [-0.05, 0) is 43.7 Å². The quantitative estimate of drug-likeness (QED) is 0.171. The number of methoxy groups -OCH3 is 1. The molecule has 0 amide bonds. The summed E-state index contributed by atoms with van der Waals surface area (Å²) >= 11 is 0. The van der Waals surface area contributed by atoms with Crippen LogP contribution in [0.5, 0.6) is 0 Å². The van der Waals surface area contributed by atoms with Crippen LogP contribution in [0, 0.1) is 23.2 Å². The lowest BCUT2D eigenvalue weighted by Crippen LogP contribution is -2.40. The first kappa shape index (κ1) is 28.3. The van der Waals surface area contributed by atoms with Crippen molar-refractivity contribution in [3.05, 3.63) is 24.8 Å². The summed E-state index contributed by atoms with van der Waals surface area (Å²) in [5.74, 6) is 0.921. The second-order valence-corrected chi connectivity index (χ2v) is 18.1. The highest BCUT2D eigenvalue weighted by molar-refractivity contribution is 6.76. The molecule has 0 aliphatic heterocycles. The molecule has 1 unspecified atom stereocenters. The van der Waals surface area contributed by atoms with E-state index < -0.39 is 8.07 Å². The lowest BCUT2D eigenvalue weighted by Gasteiger charge is -2.34. The third-order valence-electron chi connectivity index (χ3n) is 8.37. The van der Waals surface area contributed by atoms with Crippen molar-refractivity contribution >= 4 is 30.9 Å². The number of rotatable bonds is 12. The summed E-state index contributed by atoms with van der Waals surface area (Å²) in [5, 5.41) is 19.2. The molecule has 214 valence electrons. The molecular formula is C29H41N7O3Si. The van der Waals surface area contributed by atoms with Gasteiger partial charge in [0.1, 0.15) is 18.7 Å². The van der Waals surface area contributed by atoms with Crippen molar-refractivity contribution in [1.29, 1.82) is 5.26 Å². The average molecular weight is 564 g/mol. The average Bonchev–Trinajstić information content (AvgIpc) is 3.66. The number of aromatic nitrogens is 5. The van der Waals surface area contributed by atoms with Crippen LogP contribution >= 0.6 is 0 Å². The highest BCUT2D eigenvalue weighted by atomic mass is 28.3. The third kappa shape index (κ3) is 6.23. The van der Waals surface area contributed by atoms with Gasteiger partial charge in [-0.2, -0.15) is 10.4 Å². The molecule has 5 rings (SSSR count). The molecule has 0 aromatic carbocycles. The summed E-state index contributed by atoms with van der Waals surface area (Å²) in [6, 6.07) is 5.68. The van der Waals surface area contributed by atoms with Crippen LogP contribution in [-0.2, 0) is 21.0 Å². The Morgan fingerprint density at radius 3 is 2.73 bits per heavy atom. The summed E-state index contributed by atoms with van der Waals surface area (Å²) in [4.78, 5) is 21.3. The minimum Gasteiger partial charge on any atom is -0.469 e. The Kier molecular flexibility index (Phi) is 8.56. The van der Waals surface area contributed by atoms with E-state index in [2.05, 4.69) is 36.0 Å². The van der Waals surface area contributed by atoms with Crippen LogP contribution in [0.4, 0.5) is 5.82 Å². The number of fused-ring (bicyclic) bond motifs is 1. The molecule has 2 aliphatic carbocycles. The van der Waals surface area contributed by atoms with Crippen molar-refractivity contribution in [2.24, 2.45) is 11.8 Å². The second kappa shape index (κ2) is 12.1. The number of ether oxygens (including phenoxy) is 2. The Morgan fingerprint density at radius 1 is 1.25 bits per heavy atom. The van der Waals surface area contributed by atoms with E-state index in [1.165, 1.54) is 20.0 Å². The van der Waals surface area contributed by atoms with Gasteiger partial charge in [-0.15, -0.1) is 0 Å². The number of carbonyl (C=O) groups is 1. The maximum Gasteiger partial charge on any atom is 0.308 e. The predicted octanol–water partition coefficient (Wildman–Crippen LogP) is 5.62. The summed E-state index contributed by atoms with van der Waals surface area (Å²) in [6.45, 7) is 8.22. The molecule has 3 heterocycles. The van der Waals surface area contributed by atoms with E-state index in [1.54, 1.807) is 6.33 Å². The van der Waals surface area contributed by atoms with Gasteiger partial charge in [0.2, 0.25) is 0 Å². The highest BCUT2D eigenvalue weighted by Gasteiger charge is 2.37. The number of nitriles is 1. The van der Waals surface area contributed by atoms with Crippen molar-refractivity contribution in [2.45, 2.75) is 89.4 Å². The van der Waals surface area contributed by atoms with Crippen LogP contribution < -0.4 is 5.32 Å². The van der Waals surface area contributed by atoms with Crippen molar-refractivity contribution in [3.63, 3.8) is 0 Å². The van der Waals surface area contributed by atoms with E-state index in [4.69, 9.17) is 19.6 Å². The molecule has 0 spiro atoms. The van der Waals surface area contributed by atoms with E-state index in [0.29, 0.717) is 31.9 Å². The molecule has 2 saturated carbocycles. The van der Waals surface area contributed by atoms with Crippen LogP contribution in [0.3, 0.4) is 0 Å². The number of hydrogen-bond acceptors (Lipinski definition) is 8. The van der Waals surface area contributed by atoms with Crippen LogP contribution in [0.2, 0.25) is 25.7 Å². The van der Waals surface area contributed by atoms with Crippen LogP contribution in [-0.4, -0.2) is 58.1 Å². The Hall–Kier alpha value is -3.23. The number of carbonyl (C=O) groups excluding carboxylic acids is 1. The predicted molar refractivity (Wildman–Crippen MR) is 156 cm³/mol. The fourth-order valence-corrected chi connectivity index (χ4v) is 6.66. The van der Waals surface area contributed by atoms with Gasteiger partial charge in [0, 0.05) is 38.5 Å². The standard InChI is InChI=1S/C29H41N7O3Si/c1-38-29(37)21-15-22(16-21)33-27-24(17-36(34-27)25(9-11-30)20-7-5-6-8-20)26-23-10-12-35(28(23)32-18-31-26)19-39-13-14-40(2,3)4/h10,12,17-18,20-22,25H,5-9,13-16,19H2,1-4H3,(H,33,34). The number of anilines is 1. The van der Waals surface area contributed by atoms with Gasteiger partial charge in [-0.3, -0.25) is 9.48 Å². The summed E-state index contributed by atoms with van der Waals surface area (Å²) in [6.07, 6.45) is 12.1. The Morgan fingerprint density at radius 2 is 2.02 bits per heavy atom. The Labute approximate surface area is 237 Å². The Balaban J connectivity index is 1.44. The molecule has 0 bridgehead atoms. The zero-order valence-electron chi connectivity index (χ0n) is 24.1. The number of hydrogen-bond donors (Lipinski definition) is 1.